The summed E-state index contributed by atoms with van der Waals surface area (Å²) in [6.45, 7) is 1.80. The monoisotopic (exact) mass is 399 g/mol. The second-order valence-electron chi connectivity index (χ2n) is 5.67. The van der Waals surface area contributed by atoms with Gasteiger partial charge in [-0.1, -0.05) is 28.1 Å². The van der Waals surface area contributed by atoms with Crippen molar-refractivity contribution >= 4 is 27.8 Å². The van der Waals surface area contributed by atoms with Crippen molar-refractivity contribution in [1.82, 2.24) is 14.8 Å². The highest BCUT2D eigenvalue weighted by molar-refractivity contribution is 9.10. The number of allylic oxidation sites excluding steroid dienone is 1. The van der Waals surface area contributed by atoms with E-state index >= 15 is 0 Å². The zero-order chi connectivity index (χ0) is 17.6. The van der Waals surface area contributed by atoms with Gasteiger partial charge >= 0.3 is 0 Å². The van der Waals surface area contributed by atoms with Crippen molar-refractivity contribution in [1.29, 1.82) is 0 Å². The van der Waals surface area contributed by atoms with Gasteiger partial charge < -0.3 is 15.5 Å². The van der Waals surface area contributed by atoms with E-state index in [9.17, 15) is 4.79 Å². The minimum Gasteiger partial charge on any atom is -0.461 e. The van der Waals surface area contributed by atoms with E-state index in [0.717, 1.165) is 10.0 Å². The maximum Gasteiger partial charge on any atom is 0.248 e. The largest absolute Gasteiger partial charge is 0.461 e. The van der Waals surface area contributed by atoms with Crippen molar-refractivity contribution in [3.8, 4) is 11.6 Å². The molecule has 126 valence electrons. The number of nitrogens with one attached hydrogen (secondary N) is 1. The number of aromatic nitrogens is 3. The van der Waals surface area contributed by atoms with Crippen LogP contribution in [0.5, 0.6) is 0 Å². The first-order valence-corrected chi connectivity index (χ1v) is 8.37. The summed E-state index contributed by atoms with van der Waals surface area (Å²) in [6, 6.07) is 10.8. The van der Waals surface area contributed by atoms with Crippen LogP contribution >= 0.6 is 15.9 Å². The second-order valence-corrected chi connectivity index (χ2v) is 6.58. The number of carbonyl (C=O) groups is 1. The Hall–Kier alpha value is -2.87. The maximum atomic E-state index is 12.1. The van der Waals surface area contributed by atoms with E-state index in [-0.39, 0.29) is 0 Å². The molecule has 1 unspecified atom stereocenters. The average molecular weight is 400 g/mol. The lowest BCUT2D eigenvalue weighted by Gasteiger charge is -2.27. The van der Waals surface area contributed by atoms with E-state index in [1.165, 1.54) is 0 Å². The lowest BCUT2D eigenvalue weighted by Crippen LogP contribution is -2.31. The smallest absolute Gasteiger partial charge is 0.248 e. The summed E-state index contributed by atoms with van der Waals surface area (Å²) in [4.78, 5) is 16.6. The van der Waals surface area contributed by atoms with Crippen LogP contribution in [0.3, 0.4) is 0 Å². The SMILES string of the molecule is CC1=C(C(N)=O)C(c2cccc(Br)c2)n2nc(-c3ccco3)nc2N1. The zero-order valence-electron chi connectivity index (χ0n) is 13.2. The van der Waals surface area contributed by atoms with E-state index in [1.54, 1.807) is 30.0 Å². The third-order valence-electron chi connectivity index (χ3n) is 4.02. The third kappa shape index (κ3) is 2.64. The number of primary amides is 1. The Labute approximate surface area is 151 Å². The normalized spacial score (nSPS) is 16.5. The molecule has 1 aliphatic heterocycles. The summed E-state index contributed by atoms with van der Waals surface area (Å²) >= 11 is 3.47. The quantitative estimate of drug-likeness (QED) is 0.704. The van der Waals surface area contributed by atoms with Gasteiger partial charge in [-0.3, -0.25) is 4.79 Å². The van der Waals surface area contributed by atoms with Crippen LogP contribution in [0, 0.1) is 0 Å². The summed E-state index contributed by atoms with van der Waals surface area (Å²) in [7, 11) is 0. The number of fused-ring (bicyclic) bond motifs is 1. The topological polar surface area (TPSA) is 99.0 Å². The molecule has 0 fully saturated rings. The summed E-state index contributed by atoms with van der Waals surface area (Å²) in [5.41, 5.74) is 7.63. The first-order chi connectivity index (χ1) is 12.0. The zero-order valence-corrected chi connectivity index (χ0v) is 14.8. The predicted octanol–water partition coefficient (Wildman–Crippen LogP) is 3.07. The first kappa shape index (κ1) is 15.6. The number of hydrogen-bond acceptors (Lipinski definition) is 5. The number of carbonyl (C=O) groups excluding carboxylic acids is 1. The number of hydrogen-bond donors (Lipinski definition) is 2. The molecule has 1 aliphatic rings. The summed E-state index contributed by atoms with van der Waals surface area (Å²) in [6.07, 6.45) is 1.56. The van der Waals surface area contributed by atoms with Gasteiger partial charge in [0, 0.05) is 10.2 Å². The Kier molecular flexibility index (Phi) is 3.69. The molecule has 25 heavy (non-hydrogen) atoms. The molecular formula is C17H14BrN5O2. The number of rotatable bonds is 3. The molecule has 0 saturated carbocycles. The van der Waals surface area contributed by atoms with Gasteiger partial charge in [-0.15, -0.1) is 5.10 Å². The lowest BCUT2D eigenvalue weighted by molar-refractivity contribution is -0.115. The molecule has 2 aromatic heterocycles. The summed E-state index contributed by atoms with van der Waals surface area (Å²) in [5, 5.41) is 7.64. The molecule has 1 aromatic carbocycles. The molecule has 0 spiro atoms. The highest BCUT2D eigenvalue weighted by Crippen LogP contribution is 2.36. The Balaban J connectivity index is 1.91. The van der Waals surface area contributed by atoms with Crippen molar-refractivity contribution in [2.24, 2.45) is 5.73 Å². The van der Waals surface area contributed by atoms with Crippen LogP contribution in [0.25, 0.3) is 11.6 Å². The molecule has 3 aromatic rings. The number of halogens is 1. The Morgan fingerprint density at radius 1 is 1.36 bits per heavy atom. The van der Waals surface area contributed by atoms with Gasteiger partial charge in [-0.2, -0.15) is 4.98 Å². The Morgan fingerprint density at radius 3 is 2.88 bits per heavy atom. The van der Waals surface area contributed by atoms with Crippen LogP contribution in [0.1, 0.15) is 18.5 Å². The van der Waals surface area contributed by atoms with Crippen LogP contribution in [0.2, 0.25) is 0 Å². The number of anilines is 1. The molecule has 7 nitrogen and oxygen atoms in total. The van der Waals surface area contributed by atoms with Gasteiger partial charge in [0.25, 0.3) is 0 Å². The molecule has 8 heteroatoms. The Bertz CT molecular complexity index is 990. The number of benzene rings is 1. The fraction of sp³-hybridized carbons (Fsp3) is 0.118. The predicted molar refractivity (Wildman–Crippen MR) is 95.5 cm³/mol. The number of amides is 1. The van der Waals surface area contributed by atoms with Crippen LogP contribution in [0.15, 0.2) is 62.8 Å². The molecule has 0 radical (unpaired) electrons. The Morgan fingerprint density at radius 2 is 2.20 bits per heavy atom. The molecule has 4 rings (SSSR count). The van der Waals surface area contributed by atoms with Gasteiger partial charge in [-0.05, 0) is 36.8 Å². The van der Waals surface area contributed by atoms with Crippen molar-refractivity contribution < 1.29 is 9.21 Å². The van der Waals surface area contributed by atoms with E-state index in [0.29, 0.717) is 28.8 Å². The van der Waals surface area contributed by atoms with E-state index < -0.39 is 11.9 Å². The first-order valence-electron chi connectivity index (χ1n) is 7.58. The summed E-state index contributed by atoms with van der Waals surface area (Å²) in [5.74, 6) is 1.01. The molecular weight excluding hydrogens is 386 g/mol. The molecule has 1 atom stereocenters. The van der Waals surface area contributed by atoms with Crippen LogP contribution in [-0.2, 0) is 4.79 Å². The van der Waals surface area contributed by atoms with E-state index in [4.69, 9.17) is 10.2 Å². The number of nitrogens with zero attached hydrogens (tertiary/aromatic N) is 3. The van der Waals surface area contributed by atoms with Crippen molar-refractivity contribution in [2.75, 3.05) is 5.32 Å². The number of nitrogens with two attached hydrogens (primary N) is 1. The molecule has 1 amide bonds. The van der Waals surface area contributed by atoms with Gasteiger partial charge in [0.15, 0.2) is 5.76 Å². The third-order valence-corrected chi connectivity index (χ3v) is 4.52. The average Bonchev–Trinajstić information content (AvgIpc) is 3.22. The van der Waals surface area contributed by atoms with Gasteiger partial charge in [0.2, 0.25) is 17.7 Å². The number of furan rings is 1. The van der Waals surface area contributed by atoms with Gasteiger partial charge in [-0.25, -0.2) is 4.68 Å². The minimum atomic E-state index is -0.504. The highest BCUT2D eigenvalue weighted by atomic mass is 79.9. The standard InChI is InChI=1S/C17H14BrN5O2/c1-9-13(15(19)24)14(10-4-2-5-11(18)8-10)23-17(20-9)21-16(22-23)12-6-3-7-25-12/h2-8,14H,1H3,(H2,19,24)(H,20,21,22). The molecule has 0 aliphatic carbocycles. The van der Waals surface area contributed by atoms with E-state index in [1.807, 2.05) is 24.3 Å². The van der Waals surface area contributed by atoms with Crippen molar-refractivity contribution in [2.45, 2.75) is 13.0 Å². The second kappa shape index (κ2) is 5.89. The van der Waals surface area contributed by atoms with Crippen molar-refractivity contribution in [3.63, 3.8) is 0 Å². The fourth-order valence-corrected chi connectivity index (χ4v) is 3.38. The molecule has 3 heterocycles. The highest BCUT2D eigenvalue weighted by Gasteiger charge is 2.33. The van der Waals surface area contributed by atoms with Crippen molar-refractivity contribution in [3.05, 3.63) is 64.0 Å². The fourth-order valence-electron chi connectivity index (χ4n) is 2.97. The van der Waals surface area contributed by atoms with Crippen LogP contribution < -0.4 is 11.1 Å². The van der Waals surface area contributed by atoms with Crippen LogP contribution in [-0.4, -0.2) is 20.7 Å². The molecule has 0 saturated heterocycles. The summed E-state index contributed by atoms with van der Waals surface area (Å²) < 4.78 is 7.94. The molecule has 3 N–H and O–H groups in total. The maximum absolute atomic E-state index is 12.1. The molecule has 0 bridgehead atoms. The minimum absolute atomic E-state index is 0.436. The van der Waals surface area contributed by atoms with Gasteiger partial charge in [0.1, 0.15) is 6.04 Å². The lowest BCUT2D eigenvalue weighted by atomic mass is 9.95. The van der Waals surface area contributed by atoms with E-state index in [2.05, 4.69) is 31.3 Å². The van der Waals surface area contributed by atoms with Gasteiger partial charge in [0.05, 0.1) is 11.8 Å². The van der Waals surface area contributed by atoms with Crippen LogP contribution in [0.4, 0.5) is 5.95 Å².